The van der Waals surface area contributed by atoms with E-state index in [4.69, 9.17) is 11.6 Å². The normalized spacial score (nSPS) is 19.1. The molecule has 2 rings (SSSR count). The smallest absolute Gasteiger partial charge is 0.109 e. The highest BCUT2D eigenvalue weighted by Crippen LogP contribution is 2.30. The van der Waals surface area contributed by atoms with Gasteiger partial charge in [0.25, 0.3) is 0 Å². The van der Waals surface area contributed by atoms with Gasteiger partial charge >= 0.3 is 0 Å². The Morgan fingerprint density at radius 1 is 1.50 bits per heavy atom. The summed E-state index contributed by atoms with van der Waals surface area (Å²) in [6, 6.07) is 0. The third kappa shape index (κ3) is 2.58. The van der Waals surface area contributed by atoms with Crippen molar-refractivity contribution in [2.24, 2.45) is 7.05 Å². The Hall–Kier alpha value is -0.540. The van der Waals surface area contributed by atoms with Crippen LogP contribution in [0.25, 0.3) is 0 Å². The molecule has 1 aromatic rings. The van der Waals surface area contributed by atoms with Gasteiger partial charge in [-0.1, -0.05) is 12.8 Å². The van der Waals surface area contributed by atoms with Crippen LogP contribution in [0.5, 0.6) is 0 Å². The van der Waals surface area contributed by atoms with E-state index in [9.17, 15) is 0 Å². The second-order valence-electron chi connectivity index (χ2n) is 4.75. The summed E-state index contributed by atoms with van der Waals surface area (Å²) in [5, 5.41) is 3.62. The van der Waals surface area contributed by atoms with Crippen LogP contribution in [0.15, 0.2) is 12.4 Å². The van der Waals surface area contributed by atoms with Gasteiger partial charge in [0.15, 0.2) is 0 Å². The number of rotatable bonds is 5. The number of aryl methyl sites for hydroxylation is 1. The van der Waals surface area contributed by atoms with Gasteiger partial charge in [-0.2, -0.15) is 0 Å². The zero-order chi connectivity index (χ0) is 11.4. The summed E-state index contributed by atoms with van der Waals surface area (Å²) in [5.74, 6) is 1.86. The molecule has 16 heavy (non-hydrogen) atoms. The molecule has 1 aliphatic rings. The van der Waals surface area contributed by atoms with Crippen molar-refractivity contribution < 1.29 is 0 Å². The fourth-order valence-electron chi connectivity index (χ4n) is 2.49. The lowest BCUT2D eigenvalue weighted by molar-refractivity contribution is 0.371. The number of nitrogens with zero attached hydrogens (tertiary/aromatic N) is 2. The van der Waals surface area contributed by atoms with Crippen molar-refractivity contribution in [2.45, 2.75) is 37.6 Å². The van der Waals surface area contributed by atoms with Gasteiger partial charge < -0.3 is 9.88 Å². The van der Waals surface area contributed by atoms with Crippen LogP contribution in [0.2, 0.25) is 0 Å². The molecule has 4 heteroatoms. The third-order valence-corrected chi connectivity index (χ3v) is 4.10. The molecule has 0 bridgehead atoms. The molecule has 0 amide bonds. The van der Waals surface area contributed by atoms with Crippen molar-refractivity contribution in [3.05, 3.63) is 18.2 Å². The molecule has 1 heterocycles. The van der Waals surface area contributed by atoms with Gasteiger partial charge in [-0.05, 0) is 12.8 Å². The van der Waals surface area contributed by atoms with E-state index in [1.807, 2.05) is 19.4 Å². The van der Waals surface area contributed by atoms with Gasteiger partial charge in [-0.3, -0.25) is 0 Å². The Morgan fingerprint density at radius 3 is 2.81 bits per heavy atom. The topological polar surface area (TPSA) is 29.9 Å². The van der Waals surface area contributed by atoms with Crippen LogP contribution in [-0.2, 0) is 13.5 Å². The summed E-state index contributed by atoms with van der Waals surface area (Å²) >= 11 is 6.07. The van der Waals surface area contributed by atoms with E-state index >= 15 is 0 Å². The van der Waals surface area contributed by atoms with Crippen molar-refractivity contribution in [3.63, 3.8) is 0 Å². The first-order valence-corrected chi connectivity index (χ1v) is 6.56. The van der Waals surface area contributed by atoms with Gasteiger partial charge in [-0.15, -0.1) is 11.6 Å². The molecule has 1 fully saturated rings. The van der Waals surface area contributed by atoms with E-state index in [0.29, 0.717) is 0 Å². The van der Waals surface area contributed by atoms with Crippen LogP contribution in [0.3, 0.4) is 0 Å². The summed E-state index contributed by atoms with van der Waals surface area (Å²) in [6.45, 7) is 0.970. The number of halogens is 1. The quantitative estimate of drug-likeness (QED) is 0.801. The molecule has 1 saturated carbocycles. The molecule has 90 valence electrons. The first-order valence-electron chi connectivity index (χ1n) is 6.03. The predicted molar refractivity (Wildman–Crippen MR) is 66.8 cm³/mol. The number of alkyl halides is 1. The van der Waals surface area contributed by atoms with Crippen molar-refractivity contribution >= 4 is 11.6 Å². The molecule has 0 aliphatic heterocycles. The van der Waals surface area contributed by atoms with Crippen LogP contribution in [-0.4, -0.2) is 27.5 Å². The average molecular weight is 242 g/mol. The van der Waals surface area contributed by atoms with Gasteiger partial charge in [0.05, 0.1) is 0 Å². The molecule has 1 aromatic heterocycles. The monoisotopic (exact) mass is 241 g/mol. The first kappa shape index (κ1) is 11.9. The molecule has 0 spiro atoms. The van der Waals surface area contributed by atoms with Gasteiger partial charge in [-0.25, -0.2) is 4.98 Å². The molecule has 0 unspecified atom stereocenters. The average Bonchev–Trinajstić information content (AvgIpc) is 2.90. The fraction of sp³-hybridized carbons (Fsp3) is 0.750. The Kier molecular flexibility index (Phi) is 3.87. The molecule has 3 nitrogen and oxygen atoms in total. The number of hydrogen-bond donors (Lipinski definition) is 1. The fourth-order valence-corrected chi connectivity index (χ4v) is 2.85. The Balaban J connectivity index is 1.81. The second-order valence-corrected chi connectivity index (χ2v) is 5.02. The molecular weight excluding hydrogens is 222 g/mol. The van der Waals surface area contributed by atoms with Crippen LogP contribution in [0.1, 0.15) is 31.5 Å². The minimum Gasteiger partial charge on any atom is -0.338 e. The first-order chi connectivity index (χ1) is 7.76. The molecular formula is C12H20ClN3. The molecule has 1 aliphatic carbocycles. The van der Waals surface area contributed by atoms with Gasteiger partial charge in [0.1, 0.15) is 5.82 Å². The minimum atomic E-state index is 0.201. The summed E-state index contributed by atoms with van der Waals surface area (Å²) in [4.78, 5) is 4.32. The zero-order valence-corrected chi connectivity index (χ0v) is 10.6. The van der Waals surface area contributed by atoms with Crippen molar-refractivity contribution in [1.82, 2.24) is 14.9 Å². The summed E-state index contributed by atoms with van der Waals surface area (Å²) in [6.07, 6.45) is 9.87. The maximum Gasteiger partial charge on any atom is 0.109 e. The molecule has 0 saturated heterocycles. The lowest BCUT2D eigenvalue weighted by atomic mass is 10.0. The Morgan fingerprint density at radius 2 is 2.25 bits per heavy atom. The lowest BCUT2D eigenvalue weighted by Gasteiger charge is -2.27. The Bertz CT molecular complexity index is 329. The van der Waals surface area contributed by atoms with E-state index in [2.05, 4.69) is 14.9 Å². The summed E-state index contributed by atoms with van der Waals surface area (Å²) in [7, 11) is 2.04. The standard InChI is InChI=1S/C12H20ClN3/c1-16-9-8-14-11(16)4-7-15-12(10-13)5-2-3-6-12/h8-9,15H,2-7,10H2,1H3. The molecule has 0 atom stereocenters. The van der Waals surface area contributed by atoms with Crippen LogP contribution in [0, 0.1) is 0 Å². The highest BCUT2D eigenvalue weighted by molar-refractivity contribution is 6.18. The van der Waals surface area contributed by atoms with E-state index in [0.717, 1.165) is 24.7 Å². The Labute approximate surface area is 102 Å². The largest absolute Gasteiger partial charge is 0.338 e. The van der Waals surface area contributed by atoms with Crippen molar-refractivity contribution in [3.8, 4) is 0 Å². The molecule has 1 N–H and O–H groups in total. The van der Waals surface area contributed by atoms with Gasteiger partial charge in [0.2, 0.25) is 0 Å². The van der Waals surface area contributed by atoms with Crippen LogP contribution < -0.4 is 5.32 Å². The van der Waals surface area contributed by atoms with Crippen molar-refractivity contribution in [2.75, 3.05) is 12.4 Å². The molecule has 0 aromatic carbocycles. The van der Waals surface area contributed by atoms with Gasteiger partial charge in [0, 0.05) is 43.8 Å². The van der Waals surface area contributed by atoms with Crippen LogP contribution >= 0.6 is 11.6 Å². The SMILES string of the molecule is Cn1ccnc1CCNC1(CCl)CCCC1. The number of aromatic nitrogens is 2. The minimum absolute atomic E-state index is 0.201. The number of imidazole rings is 1. The third-order valence-electron chi connectivity index (χ3n) is 3.59. The van der Waals surface area contributed by atoms with Crippen molar-refractivity contribution in [1.29, 1.82) is 0 Å². The molecule has 0 radical (unpaired) electrons. The van der Waals surface area contributed by atoms with E-state index in [-0.39, 0.29) is 5.54 Å². The predicted octanol–water partition coefficient (Wildman–Crippen LogP) is 2.10. The highest BCUT2D eigenvalue weighted by atomic mass is 35.5. The van der Waals surface area contributed by atoms with E-state index in [1.165, 1.54) is 25.7 Å². The highest BCUT2D eigenvalue weighted by Gasteiger charge is 2.31. The zero-order valence-electron chi connectivity index (χ0n) is 9.88. The summed E-state index contributed by atoms with van der Waals surface area (Å²) in [5.41, 5.74) is 0.201. The lowest BCUT2D eigenvalue weighted by Crippen LogP contribution is -2.45. The second kappa shape index (κ2) is 5.19. The summed E-state index contributed by atoms with van der Waals surface area (Å²) < 4.78 is 2.07. The van der Waals surface area contributed by atoms with E-state index in [1.54, 1.807) is 0 Å². The number of nitrogens with one attached hydrogen (secondary N) is 1. The maximum absolute atomic E-state index is 6.07. The number of hydrogen-bond acceptors (Lipinski definition) is 2. The van der Waals surface area contributed by atoms with Crippen LogP contribution in [0.4, 0.5) is 0 Å². The maximum atomic E-state index is 6.07. The van der Waals surface area contributed by atoms with E-state index < -0.39 is 0 Å².